The van der Waals surface area contributed by atoms with Crippen LogP contribution in [0.1, 0.15) is 12.6 Å². The van der Waals surface area contributed by atoms with Gasteiger partial charge in [0, 0.05) is 17.5 Å². The summed E-state index contributed by atoms with van der Waals surface area (Å²) in [7, 11) is -4.67. The predicted molar refractivity (Wildman–Crippen MR) is 110 cm³/mol. The highest BCUT2D eigenvalue weighted by atomic mass is 32.3. The molecule has 2 aromatic rings. The van der Waals surface area contributed by atoms with Gasteiger partial charge in [-0.05, 0) is 6.42 Å². The number of anilines is 1. The Kier molecular flexibility index (Phi) is 7.50. The van der Waals surface area contributed by atoms with E-state index in [-0.39, 0.29) is 11.1 Å². The first-order valence-electron chi connectivity index (χ1n) is 9.18. The molecular weight excluding hydrogens is 472 g/mol. The largest absolute Gasteiger partial charge is 0.480 e. The number of rotatable bonds is 5. The maximum Gasteiger partial charge on any atom is 0.394 e. The third-order valence-electron chi connectivity index (χ3n) is 4.88. The molecule has 0 aromatic carbocycles. The molecule has 0 bridgehead atoms. The summed E-state index contributed by atoms with van der Waals surface area (Å²) in [6, 6.07) is -0.544. The average molecular weight is 495 g/mol. The Balaban J connectivity index is 0.000000523. The van der Waals surface area contributed by atoms with Gasteiger partial charge < -0.3 is 31.1 Å². The zero-order valence-corrected chi connectivity index (χ0v) is 17.9. The molecule has 8 N–H and O–H groups in total. The molecule has 0 spiro atoms. The van der Waals surface area contributed by atoms with Gasteiger partial charge in [0.05, 0.1) is 12.4 Å². The van der Waals surface area contributed by atoms with Crippen LogP contribution in [0.15, 0.2) is 12.7 Å². The van der Waals surface area contributed by atoms with E-state index in [1.807, 2.05) is 0 Å². The van der Waals surface area contributed by atoms with Gasteiger partial charge in [0.25, 0.3) is 0 Å². The fraction of sp³-hybridized carbons (Fsp3) is 0.600. The zero-order chi connectivity index (χ0) is 23.6. The van der Waals surface area contributed by atoms with E-state index < -0.39 is 46.9 Å². The Labute approximate surface area is 185 Å². The number of nitrogens with zero attached hydrogens (tertiary/aromatic N) is 4. The summed E-state index contributed by atoms with van der Waals surface area (Å²) in [5.74, 6) is -0.212. The third-order valence-corrected chi connectivity index (χ3v) is 6.23. The average Bonchev–Trinajstić information content (AvgIpc) is 3.39. The van der Waals surface area contributed by atoms with Gasteiger partial charge in [-0.25, -0.2) is 15.0 Å². The number of aliphatic hydroxyl groups excluding tert-OH is 2. The number of hydrogen-bond acceptors (Lipinski definition) is 12. The van der Waals surface area contributed by atoms with Crippen LogP contribution < -0.4 is 11.1 Å². The topological polar surface area (TPSA) is 243 Å². The molecule has 0 saturated carbocycles. The molecule has 4 heterocycles. The van der Waals surface area contributed by atoms with Crippen LogP contribution in [-0.2, 0) is 19.9 Å². The number of aliphatic hydroxyl groups is 2. The van der Waals surface area contributed by atoms with E-state index in [4.69, 9.17) is 33.1 Å². The van der Waals surface area contributed by atoms with Crippen molar-refractivity contribution in [2.75, 3.05) is 18.0 Å². The Morgan fingerprint density at radius 3 is 2.59 bits per heavy atom. The number of nitrogen functional groups attached to an aromatic ring is 1. The molecule has 0 aliphatic carbocycles. The highest BCUT2D eigenvalue weighted by molar-refractivity contribution is 8.00. The number of carboxylic acids is 1. The summed E-state index contributed by atoms with van der Waals surface area (Å²) in [6.45, 7) is 0.582. The van der Waals surface area contributed by atoms with Gasteiger partial charge in [0.1, 0.15) is 30.1 Å². The van der Waals surface area contributed by atoms with Crippen molar-refractivity contribution < 1.29 is 42.4 Å². The molecule has 2 fully saturated rings. The van der Waals surface area contributed by atoms with E-state index in [1.54, 1.807) is 0 Å². The number of aromatic nitrogens is 4. The van der Waals surface area contributed by atoms with Gasteiger partial charge >= 0.3 is 16.4 Å². The smallest absolute Gasteiger partial charge is 0.394 e. The Hall–Kier alpha value is -2.12. The van der Waals surface area contributed by atoms with Crippen LogP contribution >= 0.6 is 11.8 Å². The van der Waals surface area contributed by atoms with Gasteiger partial charge in [-0.3, -0.25) is 18.5 Å². The molecule has 0 radical (unpaired) electrons. The lowest BCUT2D eigenvalue weighted by Gasteiger charge is -2.17. The lowest BCUT2D eigenvalue weighted by atomic mass is 10.1. The fourth-order valence-corrected chi connectivity index (χ4v) is 4.68. The molecule has 2 saturated heterocycles. The minimum Gasteiger partial charge on any atom is -0.480 e. The summed E-state index contributed by atoms with van der Waals surface area (Å²) in [5.41, 5.74) is 6.59. The number of fused-ring (bicyclic) bond motifs is 1. The Morgan fingerprint density at radius 2 is 1.97 bits per heavy atom. The standard InChI is InChI=1S/C15H20N6O5S.H2O4S/c16-12-9-13(19-4-18-12)21(5-20-9)14-11(23)10(22)8(26-14)3-27-6-1-7(15(24)25)17-2-6;1-5(2,3)4/h4-8,10-11,14,17,22-23H,1-3H2,(H,24,25)(H2,16,18,19);(H2,1,2,3,4)/t6-,7-,8+,10+,11+,14+;/m0./s1. The molecule has 15 nitrogen and oxygen atoms in total. The van der Waals surface area contributed by atoms with Gasteiger partial charge in [-0.2, -0.15) is 20.2 Å². The number of hydrogen-bond donors (Lipinski definition) is 7. The first-order chi connectivity index (χ1) is 15.0. The molecule has 32 heavy (non-hydrogen) atoms. The predicted octanol–water partition coefficient (Wildman–Crippen LogP) is -2.08. The van der Waals surface area contributed by atoms with Crippen molar-refractivity contribution >= 4 is 45.1 Å². The van der Waals surface area contributed by atoms with E-state index >= 15 is 0 Å². The lowest BCUT2D eigenvalue weighted by Crippen LogP contribution is -2.33. The molecule has 0 amide bonds. The SMILES string of the molecule is Nc1ncnc2c1ncn2[C@@H]1O[C@H](CS[C@@H]2CN[C@H](C(=O)O)C2)[C@@H](O)[C@H]1O.O=S(=O)(O)O. The lowest BCUT2D eigenvalue weighted by molar-refractivity contribution is -0.139. The second-order valence-corrected chi connectivity index (χ2v) is 9.30. The number of carboxylic acid groups (broad SMARTS) is 1. The number of imidazole rings is 1. The molecule has 2 aliphatic rings. The van der Waals surface area contributed by atoms with Gasteiger partial charge in [-0.15, -0.1) is 0 Å². The van der Waals surface area contributed by atoms with Gasteiger partial charge in [0.2, 0.25) is 0 Å². The number of nitrogens with one attached hydrogen (secondary N) is 1. The molecule has 2 aromatic heterocycles. The molecular formula is C15H22N6O9S2. The van der Waals surface area contributed by atoms with Crippen molar-refractivity contribution in [2.24, 2.45) is 0 Å². The summed E-state index contributed by atoms with van der Waals surface area (Å²) in [4.78, 5) is 23.2. The number of nitrogens with two attached hydrogens (primary N) is 1. The number of thioether (sulfide) groups is 1. The number of aliphatic carboxylic acids is 1. The van der Waals surface area contributed by atoms with Crippen molar-refractivity contribution in [3.8, 4) is 0 Å². The maximum atomic E-state index is 11.0. The molecule has 4 rings (SSSR count). The monoisotopic (exact) mass is 494 g/mol. The Morgan fingerprint density at radius 1 is 1.28 bits per heavy atom. The summed E-state index contributed by atoms with van der Waals surface area (Å²) >= 11 is 1.52. The Bertz CT molecular complexity index is 1060. The second kappa shape index (κ2) is 9.79. The minimum atomic E-state index is -4.67. The molecule has 2 aliphatic heterocycles. The fourth-order valence-electron chi connectivity index (χ4n) is 3.40. The highest BCUT2D eigenvalue weighted by Crippen LogP contribution is 2.34. The van der Waals surface area contributed by atoms with Crippen molar-refractivity contribution in [2.45, 2.75) is 42.3 Å². The van der Waals surface area contributed by atoms with Crippen LogP contribution in [0.25, 0.3) is 11.2 Å². The summed E-state index contributed by atoms with van der Waals surface area (Å²) in [6.07, 6.45) is -0.427. The molecule has 6 atom stereocenters. The van der Waals surface area contributed by atoms with Crippen molar-refractivity contribution in [3.63, 3.8) is 0 Å². The van der Waals surface area contributed by atoms with Crippen LogP contribution in [0.5, 0.6) is 0 Å². The highest BCUT2D eigenvalue weighted by Gasteiger charge is 2.44. The zero-order valence-electron chi connectivity index (χ0n) is 16.3. The van der Waals surface area contributed by atoms with Gasteiger partial charge in [0.15, 0.2) is 17.7 Å². The normalized spacial score (nSPS) is 30.2. The van der Waals surface area contributed by atoms with Crippen LogP contribution in [0.4, 0.5) is 5.82 Å². The second-order valence-electron chi connectivity index (χ2n) is 7.07. The molecule has 178 valence electrons. The number of carbonyl (C=O) groups is 1. The summed E-state index contributed by atoms with van der Waals surface area (Å²) in [5, 5.41) is 32.9. The van der Waals surface area contributed by atoms with Crippen molar-refractivity contribution in [1.82, 2.24) is 24.8 Å². The first kappa shape index (κ1) is 24.5. The van der Waals surface area contributed by atoms with Crippen LogP contribution in [0, 0.1) is 0 Å². The third kappa shape index (κ3) is 5.81. The summed E-state index contributed by atoms with van der Waals surface area (Å²) < 4.78 is 39.0. The van der Waals surface area contributed by atoms with Crippen molar-refractivity contribution in [3.05, 3.63) is 12.7 Å². The van der Waals surface area contributed by atoms with Crippen LogP contribution in [0.3, 0.4) is 0 Å². The number of ether oxygens (including phenoxy) is 1. The minimum absolute atomic E-state index is 0.111. The first-order valence-corrected chi connectivity index (χ1v) is 11.6. The molecule has 17 heteroatoms. The van der Waals surface area contributed by atoms with E-state index in [0.29, 0.717) is 29.9 Å². The quantitative estimate of drug-likeness (QED) is 0.221. The van der Waals surface area contributed by atoms with E-state index in [0.717, 1.165) is 0 Å². The van der Waals surface area contributed by atoms with Crippen LogP contribution in [0.2, 0.25) is 0 Å². The van der Waals surface area contributed by atoms with Crippen molar-refractivity contribution in [1.29, 1.82) is 0 Å². The molecule has 0 unspecified atom stereocenters. The maximum absolute atomic E-state index is 11.0. The van der Waals surface area contributed by atoms with Gasteiger partial charge in [-0.1, -0.05) is 0 Å². The van der Waals surface area contributed by atoms with E-state index in [9.17, 15) is 15.0 Å². The van der Waals surface area contributed by atoms with E-state index in [1.165, 1.54) is 29.0 Å². The van der Waals surface area contributed by atoms with E-state index in [2.05, 4.69) is 20.3 Å². The van der Waals surface area contributed by atoms with Crippen LogP contribution in [-0.4, -0.2) is 100 Å².